The molecule has 0 atom stereocenters. The first-order valence-corrected chi connectivity index (χ1v) is 8.97. The van der Waals surface area contributed by atoms with Gasteiger partial charge in [-0.05, 0) is 18.6 Å². The molecule has 0 aliphatic rings. The van der Waals surface area contributed by atoms with Crippen LogP contribution in [0.2, 0.25) is 0 Å². The maximum atomic E-state index is 11.6. The molecule has 0 spiro atoms. The van der Waals surface area contributed by atoms with Gasteiger partial charge in [0.2, 0.25) is 5.75 Å². The van der Waals surface area contributed by atoms with E-state index < -0.39 is 30.0 Å². The molecular weight excluding hydrogens is 410 g/mol. The number of aryl methyl sites for hydroxylation is 1. The van der Waals surface area contributed by atoms with Crippen molar-refractivity contribution in [3.63, 3.8) is 0 Å². The highest BCUT2D eigenvalue weighted by molar-refractivity contribution is 5.83. The van der Waals surface area contributed by atoms with Crippen LogP contribution in [0.15, 0.2) is 41.5 Å². The maximum absolute atomic E-state index is 11.6. The monoisotopic (exact) mass is 431 g/mol. The number of ether oxygens (including phenoxy) is 2. The van der Waals surface area contributed by atoms with E-state index in [9.17, 15) is 19.7 Å². The Kier molecular flexibility index (Phi) is 7.89. The summed E-state index contributed by atoms with van der Waals surface area (Å²) in [5.41, 5.74) is 1.66. The topological polar surface area (TPSA) is 152 Å². The number of hydrogen-bond acceptors (Lipinski definition) is 8. The second-order valence-electron chi connectivity index (χ2n) is 6.46. The molecule has 0 aliphatic heterocycles. The van der Waals surface area contributed by atoms with Gasteiger partial charge in [-0.25, -0.2) is 0 Å². The number of benzene rings is 2. The molecule has 0 fully saturated rings. The number of nitro groups is 1. The van der Waals surface area contributed by atoms with Crippen molar-refractivity contribution in [2.45, 2.75) is 13.5 Å². The highest BCUT2D eigenvalue weighted by atomic mass is 16.6. The summed E-state index contributed by atoms with van der Waals surface area (Å²) in [4.78, 5) is 32.7. The average Bonchev–Trinajstić information content (AvgIpc) is 2.69. The molecule has 2 aromatic rings. The Morgan fingerprint density at radius 3 is 2.42 bits per heavy atom. The molecular formula is C20H21N3O8. The molecule has 164 valence electrons. The molecule has 0 radical (unpaired) electrons. The molecule has 0 heterocycles. The first kappa shape index (κ1) is 23.1. The van der Waals surface area contributed by atoms with E-state index in [2.05, 4.69) is 5.10 Å². The van der Waals surface area contributed by atoms with E-state index in [1.807, 2.05) is 31.2 Å². The van der Waals surface area contributed by atoms with E-state index in [-0.39, 0.29) is 29.4 Å². The van der Waals surface area contributed by atoms with Gasteiger partial charge in [-0.2, -0.15) is 5.10 Å². The Morgan fingerprint density at radius 2 is 1.87 bits per heavy atom. The van der Waals surface area contributed by atoms with Gasteiger partial charge in [0.15, 0.2) is 5.75 Å². The number of carboxylic acid groups (broad SMARTS) is 2. The van der Waals surface area contributed by atoms with Crippen molar-refractivity contribution >= 4 is 23.8 Å². The van der Waals surface area contributed by atoms with Crippen LogP contribution in [0, 0.1) is 17.0 Å². The zero-order valence-electron chi connectivity index (χ0n) is 16.8. The lowest BCUT2D eigenvalue weighted by Gasteiger charge is -2.14. The first-order valence-electron chi connectivity index (χ1n) is 8.97. The van der Waals surface area contributed by atoms with E-state index >= 15 is 0 Å². The van der Waals surface area contributed by atoms with Gasteiger partial charge in [-0.3, -0.25) is 24.7 Å². The van der Waals surface area contributed by atoms with Crippen molar-refractivity contribution in [1.29, 1.82) is 0 Å². The van der Waals surface area contributed by atoms with Gasteiger partial charge < -0.3 is 19.7 Å². The Balaban J connectivity index is 2.34. The van der Waals surface area contributed by atoms with Crippen molar-refractivity contribution in [3.8, 4) is 11.5 Å². The van der Waals surface area contributed by atoms with E-state index in [1.54, 1.807) is 0 Å². The molecule has 31 heavy (non-hydrogen) atoms. The zero-order valence-corrected chi connectivity index (χ0v) is 16.8. The summed E-state index contributed by atoms with van der Waals surface area (Å²) in [5.74, 6) is -2.55. The molecule has 2 N–H and O–H groups in total. The first-order chi connectivity index (χ1) is 14.7. The quantitative estimate of drug-likeness (QED) is 0.310. The molecule has 2 aromatic carbocycles. The number of carbonyl (C=O) groups is 2. The van der Waals surface area contributed by atoms with Crippen molar-refractivity contribution < 1.29 is 34.2 Å². The van der Waals surface area contributed by atoms with Crippen LogP contribution in [0.5, 0.6) is 11.5 Å². The van der Waals surface area contributed by atoms with Gasteiger partial charge in [0, 0.05) is 11.6 Å². The lowest BCUT2D eigenvalue weighted by atomic mass is 10.1. The number of rotatable bonds is 11. The van der Waals surface area contributed by atoms with E-state index in [4.69, 9.17) is 19.7 Å². The van der Waals surface area contributed by atoms with E-state index in [0.717, 1.165) is 22.4 Å². The highest BCUT2D eigenvalue weighted by Crippen LogP contribution is 2.38. The fraction of sp³-hybridized carbons (Fsp3) is 0.250. The summed E-state index contributed by atoms with van der Waals surface area (Å²) in [6, 6.07) is 10.1. The van der Waals surface area contributed by atoms with Gasteiger partial charge in [0.05, 0.1) is 18.2 Å². The fourth-order valence-electron chi connectivity index (χ4n) is 2.67. The molecule has 0 aromatic heterocycles. The molecule has 0 unspecified atom stereocenters. The van der Waals surface area contributed by atoms with Crippen molar-refractivity contribution in [3.05, 3.63) is 63.2 Å². The standard InChI is InChI=1S/C20H21N3O8/c1-13-4-3-5-14(6-13)12-31-20-16(23(28)29)7-15(8-17(20)30-2)9-21-22(10-18(24)25)11-19(26)27/h3-9H,10-12H2,1-2H3,(H,24,25)(H,26,27)/b21-9-. The van der Waals surface area contributed by atoms with Crippen LogP contribution in [0.25, 0.3) is 0 Å². The average molecular weight is 431 g/mol. The molecule has 0 aliphatic carbocycles. The number of aliphatic carboxylic acids is 2. The molecule has 0 saturated carbocycles. The summed E-state index contributed by atoms with van der Waals surface area (Å²) in [7, 11) is 1.32. The zero-order chi connectivity index (χ0) is 23.0. The highest BCUT2D eigenvalue weighted by Gasteiger charge is 2.22. The molecule has 11 nitrogen and oxygen atoms in total. The third-order valence-electron chi connectivity index (χ3n) is 3.95. The van der Waals surface area contributed by atoms with Crippen molar-refractivity contribution in [2.24, 2.45) is 5.10 Å². The third-order valence-corrected chi connectivity index (χ3v) is 3.95. The predicted octanol–water partition coefficient (Wildman–Crippen LogP) is 2.30. The molecule has 2 rings (SSSR count). The summed E-state index contributed by atoms with van der Waals surface area (Å²) in [5, 5.41) is 33.9. The van der Waals surface area contributed by atoms with Crippen LogP contribution in [0.3, 0.4) is 0 Å². The number of carboxylic acids is 2. The molecule has 0 amide bonds. The van der Waals surface area contributed by atoms with Gasteiger partial charge in [-0.15, -0.1) is 0 Å². The van der Waals surface area contributed by atoms with Crippen LogP contribution >= 0.6 is 0 Å². The van der Waals surface area contributed by atoms with E-state index in [1.165, 1.54) is 19.2 Å². The SMILES string of the molecule is COc1cc(/C=N\N(CC(=O)O)CC(=O)O)cc([N+](=O)[O-])c1OCc1cccc(C)c1. The predicted molar refractivity (Wildman–Crippen MR) is 110 cm³/mol. The maximum Gasteiger partial charge on any atom is 0.324 e. The Labute approximate surface area is 177 Å². The molecule has 0 saturated heterocycles. The molecule has 0 bridgehead atoms. The second kappa shape index (κ2) is 10.6. The summed E-state index contributed by atoms with van der Waals surface area (Å²) in [6.45, 7) is 0.690. The number of nitrogens with zero attached hydrogens (tertiary/aromatic N) is 3. The van der Waals surface area contributed by atoms with Crippen LogP contribution < -0.4 is 9.47 Å². The number of nitro benzene ring substituents is 1. The number of methoxy groups -OCH3 is 1. The van der Waals surface area contributed by atoms with E-state index in [0.29, 0.717) is 0 Å². The van der Waals surface area contributed by atoms with Crippen LogP contribution in [0.1, 0.15) is 16.7 Å². The lowest BCUT2D eigenvalue weighted by Crippen LogP contribution is -2.30. The third kappa shape index (κ3) is 6.99. The Morgan fingerprint density at radius 1 is 1.19 bits per heavy atom. The summed E-state index contributed by atoms with van der Waals surface area (Å²) < 4.78 is 10.9. The minimum Gasteiger partial charge on any atom is -0.493 e. The van der Waals surface area contributed by atoms with Crippen LogP contribution in [-0.4, -0.2) is 58.5 Å². The van der Waals surface area contributed by atoms with Crippen LogP contribution in [0.4, 0.5) is 5.69 Å². The van der Waals surface area contributed by atoms with Crippen molar-refractivity contribution in [1.82, 2.24) is 5.01 Å². The summed E-state index contributed by atoms with van der Waals surface area (Å²) in [6.07, 6.45) is 1.12. The molecule has 11 heteroatoms. The van der Waals surface area contributed by atoms with Crippen molar-refractivity contribution in [2.75, 3.05) is 20.2 Å². The smallest absolute Gasteiger partial charge is 0.324 e. The second-order valence-corrected chi connectivity index (χ2v) is 6.46. The number of hydrazone groups is 1. The van der Waals surface area contributed by atoms with Gasteiger partial charge in [0.25, 0.3) is 0 Å². The Hall–Kier alpha value is -4.15. The number of hydrogen-bond donors (Lipinski definition) is 2. The summed E-state index contributed by atoms with van der Waals surface area (Å²) >= 11 is 0. The van der Waals surface area contributed by atoms with Gasteiger partial charge in [0.1, 0.15) is 19.7 Å². The normalized spacial score (nSPS) is 10.6. The minimum atomic E-state index is -1.28. The van der Waals surface area contributed by atoms with Gasteiger partial charge >= 0.3 is 17.6 Å². The minimum absolute atomic E-state index is 0.0703. The largest absolute Gasteiger partial charge is 0.493 e. The lowest BCUT2D eigenvalue weighted by molar-refractivity contribution is -0.386. The van der Waals surface area contributed by atoms with Crippen LogP contribution in [-0.2, 0) is 16.2 Å². The fourth-order valence-corrected chi connectivity index (χ4v) is 2.67. The van der Waals surface area contributed by atoms with Gasteiger partial charge in [-0.1, -0.05) is 29.8 Å². The Bertz CT molecular complexity index is 990.